The quantitative estimate of drug-likeness (QED) is 0.768. The van der Waals surface area contributed by atoms with Gasteiger partial charge in [-0.1, -0.05) is 6.08 Å². The zero-order valence-corrected chi connectivity index (χ0v) is 9.81. The van der Waals surface area contributed by atoms with Crippen LogP contribution in [0.3, 0.4) is 0 Å². The average Bonchev–Trinajstić information content (AvgIpc) is 2.56. The molecule has 0 spiro atoms. The molecule has 16 heavy (non-hydrogen) atoms. The second kappa shape index (κ2) is 4.31. The maximum Gasteiger partial charge on any atom is 0.110 e. The van der Waals surface area contributed by atoms with Crippen LogP contribution >= 0.6 is 0 Å². The van der Waals surface area contributed by atoms with Crippen LogP contribution in [0.5, 0.6) is 0 Å². The maximum atomic E-state index is 4.49. The molecule has 0 fully saturated rings. The van der Waals surface area contributed by atoms with Crippen molar-refractivity contribution in [2.45, 2.75) is 20.8 Å². The van der Waals surface area contributed by atoms with E-state index in [4.69, 9.17) is 0 Å². The first-order chi connectivity index (χ1) is 7.74. The van der Waals surface area contributed by atoms with Crippen molar-refractivity contribution in [2.75, 3.05) is 0 Å². The van der Waals surface area contributed by atoms with Gasteiger partial charge in [0.1, 0.15) is 5.82 Å². The summed E-state index contributed by atoms with van der Waals surface area (Å²) >= 11 is 0. The Morgan fingerprint density at radius 1 is 1.31 bits per heavy atom. The fraction of sp³-hybridized carbons (Fsp3) is 0.231. The van der Waals surface area contributed by atoms with Gasteiger partial charge in [-0.3, -0.25) is 9.55 Å². The van der Waals surface area contributed by atoms with Crippen molar-refractivity contribution >= 4 is 6.08 Å². The Balaban J connectivity index is 2.64. The van der Waals surface area contributed by atoms with Crippen molar-refractivity contribution in [2.24, 2.45) is 0 Å². The monoisotopic (exact) mass is 213 g/mol. The predicted molar refractivity (Wildman–Crippen MR) is 65.5 cm³/mol. The molecule has 82 valence electrons. The van der Waals surface area contributed by atoms with Gasteiger partial charge >= 0.3 is 0 Å². The molecule has 0 saturated carbocycles. The first kappa shape index (κ1) is 10.6. The number of aromatic nitrogens is 3. The van der Waals surface area contributed by atoms with Crippen LogP contribution in [0.4, 0.5) is 0 Å². The summed E-state index contributed by atoms with van der Waals surface area (Å²) in [7, 11) is 0. The summed E-state index contributed by atoms with van der Waals surface area (Å²) in [5, 5.41) is 0. The number of hydrogen-bond acceptors (Lipinski definition) is 2. The Morgan fingerprint density at radius 3 is 2.75 bits per heavy atom. The molecule has 3 nitrogen and oxygen atoms in total. The topological polar surface area (TPSA) is 30.7 Å². The van der Waals surface area contributed by atoms with E-state index in [2.05, 4.69) is 20.6 Å². The van der Waals surface area contributed by atoms with Crippen LogP contribution < -0.4 is 0 Å². The van der Waals surface area contributed by atoms with Crippen molar-refractivity contribution in [3.8, 4) is 5.69 Å². The fourth-order valence-corrected chi connectivity index (χ4v) is 1.85. The van der Waals surface area contributed by atoms with Crippen molar-refractivity contribution in [3.63, 3.8) is 0 Å². The minimum Gasteiger partial charge on any atom is -0.295 e. The van der Waals surface area contributed by atoms with E-state index in [1.165, 1.54) is 0 Å². The fourth-order valence-electron chi connectivity index (χ4n) is 1.85. The van der Waals surface area contributed by atoms with Gasteiger partial charge < -0.3 is 0 Å². The number of nitrogens with zero attached hydrogens (tertiary/aromatic N) is 3. The third kappa shape index (κ3) is 1.76. The van der Waals surface area contributed by atoms with E-state index >= 15 is 0 Å². The summed E-state index contributed by atoms with van der Waals surface area (Å²) in [4.78, 5) is 8.63. The Bertz CT molecular complexity index is 509. The molecule has 2 aromatic rings. The van der Waals surface area contributed by atoms with E-state index in [9.17, 15) is 0 Å². The highest BCUT2D eigenvalue weighted by Gasteiger charge is 2.10. The number of rotatable bonds is 2. The summed E-state index contributed by atoms with van der Waals surface area (Å²) in [5.41, 5.74) is 3.21. The van der Waals surface area contributed by atoms with Gasteiger partial charge in [-0.05, 0) is 39.0 Å². The Kier molecular flexibility index (Phi) is 2.86. The molecule has 0 aliphatic rings. The molecule has 0 aliphatic heterocycles. The molecule has 0 radical (unpaired) electrons. The highest BCUT2D eigenvalue weighted by Crippen LogP contribution is 2.18. The van der Waals surface area contributed by atoms with E-state index in [0.29, 0.717) is 0 Å². The second-order valence-corrected chi connectivity index (χ2v) is 3.68. The van der Waals surface area contributed by atoms with Gasteiger partial charge in [0.2, 0.25) is 0 Å². The van der Waals surface area contributed by atoms with Gasteiger partial charge in [-0.2, -0.15) is 0 Å². The molecule has 2 rings (SSSR count). The SMILES string of the molecule is C/C=C\c1c(C)nc(C)n1-c1cccnc1. The van der Waals surface area contributed by atoms with Crippen LogP contribution in [0.25, 0.3) is 11.8 Å². The summed E-state index contributed by atoms with van der Waals surface area (Å²) < 4.78 is 2.11. The first-order valence-electron chi connectivity index (χ1n) is 5.33. The molecule has 2 aromatic heterocycles. The molecule has 0 amide bonds. The lowest BCUT2D eigenvalue weighted by atomic mass is 10.3. The van der Waals surface area contributed by atoms with E-state index in [1.807, 2.05) is 45.2 Å². The molecule has 0 bridgehead atoms. The zero-order chi connectivity index (χ0) is 11.5. The molecule has 0 unspecified atom stereocenters. The van der Waals surface area contributed by atoms with Gasteiger partial charge in [0.15, 0.2) is 0 Å². The highest BCUT2D eigenvalue weighted by atomic mass is 15.1. The molecule has 0 saturated heterocycles. The minimum atomic E-state index is 0.985. The van der Waals surface area contributed by atoms with Crippen LogP contribution in [-0.4, -0.2) is 14.5 Å². The Labute approximate surface area is 95.5 Å². The molecule has 0 N–H and O–H groups in total. The van der Waals surface area contributed by atoms with Crippen LogP contribution in [0, 0.1) is 13.8 Å². The summed E-state index contributed by atoms with van der Waals surface area (Å²) in [5.74, 6) is 0.985. The molecule has 0 aliphatic carbocycles. The number of allylic oxidation sites excluding steroid dienone is 1. The molecule has 0 aromatic carbocycles. The van der Waals surface area contributed by atoms with Crippen molar-refractivity contribution in [1.29, 1.82) is 0 Å². The average molecular weight is 213 g/mol. The van der Waals surface area contributed by atoms with E-state index in [-0.39, 0.29) is 0 Å². The molecular formula is C13H15N3. The first-order valence-corrected chi connectivity index (χ1v) is 5.33. The summed E-state index contributed by atoms with van der Waals surface area (Å²) in [6.45, 7) is 6.04. The standard InChI is InChI=1S/C13H15N3/c1-4-6-13-10(2)15-11(3)16(13)12-7-5-8-14-9-12/h4-9H,1-3H3/b6-4-. The summed E-state index contributed by atoms with van der Waals surface area (Å²) in [6, 6.07) is 3.97. The van der Waals surface area contributed by atoms with Crippen LogP contribution in [0.15, 0.2) is 30.6 Å². The lowest BCUT2D eigenvalue weighted by Crippen LogP contribution is -1.99. The van der Waals surface area contributed by atoms with Gasteiger partial charge in [0, 0.05) is 6.20 Å². The normalized spacial score (nSPS) is 11.2. The number of hydrogen-bond donors (Lipinski definition) is 0. The minimum absolute atomic E-state index is 0.985. The van der Waals surface area contributed by atoms with Crippen LogP contribution in [-0.2, 0) is 0 Å². The highest BCUT2D eigenvalue weighted by molar-refractivity contribution is 5.52. The van der Waals surface area contributed by atoms with Gasteiger partial charge in [0.05, 0.1) is 23.3 Å². The van der Waals surface area contributed by atoms with Crippen LogP contribution in [0.2, 0.25) is 0 Å². The maximum absolute atomic E-state index is 4.49. The van der Waals surface area contributed by atoms with E-state index in [0.717, 1.165) is 22.9 Å². The number of aryl methyl sites for hydroxylation is 2. The van der Waals surface area contributed by atoms with E-state index in [1.54, 1.807) is 6.20 Å². The van der Waals surface area contributed by atoms with Crippen molar-refractivity contribution in [3.05, 3.63) is 47.8 Å². The Morgan fingerprint density at radius 2 is 2.12 bits per heavy atom. The summed E-state index contributed by atoms with van der Waals surface area (Å²) in [6.07, 6.45) is 7.72. The number of imidazole rings is 1. The second-order valence-electron chi connectivity index (χ2n) is 3.68. The van der Waals surface area contributed by atoms with Crippen molar-refractivity contribution < 1.29 is 0 Å². The third-order valence-electron chi connectivity index (χ3n) is 2.49. The molecule has 3 heteroatoms. The van der Waals surface area contributed by atoms with Crippen molar-refractivity contribution in [1.82, 2.24) is 14.5 Å². The van der Waals surface area contributed by atoms with E-state index < -0.39 is 0 Å². The Hall–Kier alpha value is -1.90. The zero-order valence-electron chi connectivity index (χ0n) is 9.81. The lowest BCUT2D eigenvalue weighted by Gasteiger charge is -2.07. The largest absolute Gasteiger partial charge is 0.295 e. The van der Waals surface area contributed by atoms with Crippen LogP contribution in [0.1, 0.15) is 24.1 Å². The molecular weight excluding hydrogens is 198 g/mol. The molecule has 0 atom stereocenters. The third-order valence-corrected chi connectivity index (χ3v) is 2.49. The lowest BCUT2D eigenvalue weighted by molar-refractivity contribution is 0.956. The predicted octanol–water partition coefficient (Wildman–Crippen LogP) is 2.92. The van der Waals surface area contributed by atoms with Gasteiger partial charge in [-0.25, -0.2) is 4.98 Å². The van der Waals surface area contributed by atoms with Gasteiger partial charge in [0.25, 0.3) is 0 Å². The molecule has 2 heterocycles. The number of pyridine rings is 1. The van der Waals surface area contributed by atoms with Gasteiger partial charge in [-0.15, -0.1) is 0 Å². The smallest absolute Gasteiger partial charge is 0.110 e.